The summed E-state index contributed by atoms with van der Waals surface area (Å²) in [4.78, 5) is 4.57. The van der Waals surface area contributed by atoms with Crippen molar-refractivity contribution in [2.45, 2.75) is 0 Å². The Morgan fingerprint density at radius 1 is 1.06 bits per heavy atom. The van der Waals surface area contributed by atoms with Gasteiger partial charge >= 0.3 is 0 Å². The number of fused-ring (bicyclic) bond motifs is 1. The molecule has 0 radical (unpaired) electrons. The second kappa shape index (κ2) is 3.59. The molecule has 0 bridgehead atoms. The predicted molar refractivity (Wildman–Crippen MR) is 68.4 cm³/mol. The van der Waals surface area contributed by atoms with Gasteiger partial charge in [-0.05, 0) is 12.1 Å². The van der Waals surface area contributed by atoms with Gasteiger partial charge in [0.2, 0.25) is 0 Å². The second-order valence-electron chi connectivity index (χ2n) is 3.97. The summed E-state index contributed by atoms with van der Waals surface area (Å²) in [6.07, 6.45) is 0. The highest BCUT2D eigenvalue weighted by Gasteiger charge is 2.06. The topological polar surface area (TPSA) is 56.7 Å². The van der Waals surface area contributed by atoms with Crippen molar-refractivity contribution in [2.24, 2.45) is 7.05 Å². The molecule has 2 aromatic heterocycles. The van der Waals surface area contributed by atoms with Crippen molar-refractivity contribution in [1.29, 1.82) is 0 Å². The standard InChI is InChI=1S/C13H12N4/c1-17-13(14)8-12(16-17)11-7-6-9-4-2-3-5-10(9)15-11/h2-8H,14H2,1H3. The van der Waals surface area contributed by atoms with Crippen LogP contribution >= 0.6 is 0 Å². The summed E-state index contributed by atoms with van der Waals surface area (Å²) in [5, 5.41) is 5.44. The third kappa shape index (κ3) is 1.63. The molecule has 0 spiro atoms. The molecule has 0 saturated carbocycles. The van der Waals surface area contributed by atoms with Gasteiger partial charge in [0.05, 0.1) is 11.2 Å². The zero-order valence-electron chi connectivity index (χ0n) is 9.46. The molecular formula is C13H12N4. The minimum Gasteiger partial charge on any atom is -0.384 e. The zero-order valence-corrected chi connectivity index (χ0v) is 9.46. The highest BCUT2D eigenvalue weighted by atomic mass is 15.3. The summed E-state index contributed by atoms with van der Waals surface area (Å²) in [7, 11) is 1.82. The number of nitrogens with zero attached hydrogens (tertiary/aromatic N) is 3. The first-order valence-electron chi connectivity index (χ1n) is 5.40. The summed E-state index contributed by atoms with van der Waals surface area (Å²) in [5.41, 5.74) is 8.38. The Bertz CT molecular complexity index is 665. The molecule has 0 aliphatic heterocycles. The van der Waals surface area contributed by atoms with Gasteiger partial charge in [0.25, 0.3) is 0 Å². The van der Waals surface area contributed by atoms with Crippen molar-refractivity contribution in [3.8, 4) is 11.4 Å². The first-order chi connectivity index (χ1) is 8.24. The van der Waals surface area contributed by atoms with Gasteiger partial charge < -0.3 is 5.73 Å². The molecule has 0 aliphatic carbocycles. The third-order valence-corrected chi connectivity index (χ3v) is 2.78. The highest BCUT2D eigenvalue weighted by Crippen LogP contribution is 2.21. The van der Waals surface area contributed by atoms with Crippen LogP contribution in [0.2, 0.25) is 0 Å². The molecule has 17 heavy (non-hydrogen) atoms. The zero-order chi connectivity index (χ0) is 11.8. The van der Waals surface area contributed by atoms with E-state index in [1.54, 1.807) is 4.68 Å². The van der Waals surface area contributed by atoms with E-state index >= 15 is 0 Å². The number of hydrogen-bond donors (Lipinski definition) is 1. The fourth-order valence-corrected chi connectivity index (χ4v) is 1.82. The molecule has 4 heteroatoms. The number of anilines is 1. The number of hydrogen-bond acceptors (Lipinski definition) is 3. The van der Waals surface area contributed by atoms with E-state index in [1.807, 2.05) is 49.5 Å². The van der Waals surface area contributed by atoms with E-state index in [1.165, 1.54) is 0 Å². The Labute approximate surface area is 98.7 Å². The van der Waals surface area contributed by atoms with Crippen molar-refractivity contribution in [1.82, 2.24) is 14.8 Å². The van der Waals surface area contributed by atoms with E-state index in [2.05, 4.69) is 10.1 Å². The maximum atomic E-state index is 5.76. The third-order valence-electron chi connectivity index (χ3n) is 2.78. The molecule has 84 valence electrons. The van der Waals surface area contributed by atoms with Crippen LogP contribution in [0.15, 0.2) is 42.5 Å². The number of benzene rings is 1. The normalized spacial score (nSPS) is 10.9. The molecule has 0 atom stereocenters. The average molecular weight is 224 g/mol. The van der Waals surface area contributed by atoms with Gasteiger partial charge in [-0.15, -0.1) is 0 Å². The van der Waals surface area contributed by atoms with Crippen molar-refractivity contribution in [2.75, 3.05) is 5.73 Å². The maximum Gasteiger partial charge on any atom is 0.122 e. The van der Waals surface area contributed by atoms with E-state index in [0.29, 0.717) is 5.82 Å². The fraction of sp³-hybridized carbons (Fsp3) is 0.0769. The van der Waals surface area contributed by atoms with Gasteiger partial charge in [-0.3, -0.25) is 4.68 Å². The van der Waals surface area contributed by atoms with E-state index < -0.39 is 0 Å². The van der Waals surface area contributed by atoms with Crippen molar-refractivity contribution >= 4 is 16.7 Å². The Kier molecular flexibility index (Phi) is 2.08. The lowest BCUT2D eigenvalue weighted by Gasteiger charge is -1.99. The molecule has 3 rings (SSSR count). The van der Waals surface area contributed by atoms with Crippen LogP contribution in [-0.2, 0) is 7.05 Å². The average Bonchev–Trinajstić information content (AvgIpc) is 2.69. The quantitative estimate of drug-likeness (QED) is 0.689. The van der Waals surface area contributed by atoms with Crippen LogP contribution < -0.4 is 5.73 Å². The number of aryl methyl sites for hydroxylation is 1. The summed E-state index contributed by atoms with van der Waals surface area (Å²) >= 11 is 0. The van der Waals surface area contributed by atoms with Crippen molar-refractivity contribution < 1.29 is 0 Å². The lowest BCUT2D eigenvalue weighted by atomic mass is 10.2. The minimum atomic E-state index is 0.634. The number of nitrogen functional groups attached to an aromatic ring is 1. The van der Waals surface area contributed by atoms with Crippen LogP contribution in [0.25, 0.3) is 22.3 Å². The molecular weight excluding hydrogens is 212 g/mol. The maximum absolute atomic E-state index is 5.76. The first kappa shape index (κ1) is 9.84. The van der Waals surface area contributed by atoms with E-state index in [4.69, 9.17) is 5.73 Å². The highest BCUT2D eigenvalue weighted by molar-refractivity contribution is 5.81. The van der Waals surface area contributed by atoms with Crippen molar-refractivity contribution in [3.63, 3.8) is 0 Å². The molecule has 2 heterocycles. The Hall–Kier alpha value is -2.36. The van der Waals surface area contributed by atoms with Gasteiger partial charge in [0, 0.05) is 18.5 Å². The van der Waals surface area contributed by atoms with Crippen molar-refractivity contribution in [3.05, 3.63) is 42.5 Å². The number of para-hydroxylation sites is 1. The minimum absolute atomic E-state index is 0.634. The Morgan fingerprint density at radius 3 is 2.65 bits per heavy atom. The van der Waals surface area contributed by atoms with Gasteiger partial charge in [0.1, 0.15) is 11.5 Å². The smallest absolute Gasteiger partial charge is 0.122 e. The molecule has 0 unspecified atom stereocenters. The number of pyridine rings is 1. The van der Waals surface area contributed by atoms with E-state index in [9.17, 15) is 0 Å². The Morgan fingerprint density at radius 2 is 1.88 bits per heavy atom. The van der Waals surface area contributed by atoms with E-state index in [0.717, 1.165) is 22.3 Å². The lowest BCUT2D eigenvalue weighted by molar-refractivity contribution is 0.781. The number of nitrogens with two attached hydrogens (primary N) is 1. The van der Waals surface area contributed by atoms with Crippen LogP contribution in [0.3, 0.4) is 0 Å². The van der Waals surface area contributed by atoms with Gasteiger partial charge in [-0.25, -0.2) is 4.98 Å². The fourth-order valence-electron chi connectivity index (χ4n) is 1.82. The molecule has 0 aliphatic rings. The number of rotatable bonds is 1. The largest absolute Gasteiger partial charge is 0.384 e. The molecule has 0 fully saturated rings. The lowest BCUT2D eigenvalue weighted by Crippen LogP contribution is -1.96. The van der Waals surface area contributed by atoms with Crippen LogP contribution in [0, 0.1) is 0 Å². The molecule has 3 aromatic rings. The predicted octanol–water partition coefficient (Wildman–Crippen LogP) is 2.22. The van der Waals surface area contributed by atoms with E-state index in [-0.39, 0.29) is 0 Å². The summed E-state index contributed by atoms with van der Waals surface area (Å²) in [6, 6.07) is 13.8. The summed E-state index contributed by atoms with van der Waals surface area (Å²) in [6.45, 7) is 0. The Balaban J connectivity index is 2.17. The van der Waals surface area contributed by atoms with Gasteiger partial charge in [-0.1, -0.05) is 24.3 Å². The van der Waals surface area contributed by atoms with Gasteiger partial charge in [0.15, 0.2) is 0 Å². The SMILES string of the molecule is Cn1nc(-c2ccc3ccccc3n2)cc1N. The molecule has 1 aromatic carbocycles. The number of aromatic nitrogens is 3. The molecule has 0 saturated heterocycles. The molecule has 4 nitrogen and oxygen atoms in total. The summed E-state index contributed by atoms with van der Waals surface area (Å²) in [5.74, 6) is 0.634. The first-order valence-corrected chi connectivity index (χ1v) is 5.40. The second-order valence-corrected chi connectivity index (χ2v) is 3.97. The monoisotopic (exact) mass is 224 g/mol. The van der Waals surface area contributed by atoms with Crippen LogP contribution in [0.4, 0.5) is 5.82 Å². The molecule has 2 N–H and O–H groups in total. The van der Waals surface area contributed by atoms with Gasteiger partial charge in [-0.2, -0.15) is 5.10 Å². The van der Waals surface area contributed by atoms with Crippen LogP contribution in [0.5, 0.6) is 0 Å². The van der Waals surface area contributed by atoms with Crippen LogP contribution in [0.1, 0.15) is 0 Å². The summed E-state index contributed by atoms with van der Waals surface area (Å²) < 4.78 is 1.65. The molecule has 0 amide bonds. The van der Waals surface area contributed by atoms with Crippen LogP contribution in [-0.4, -0.2) is 14.8 Å².